The summed E-state index contributed by atoms with van der Waals surface area (Å²) in [6.07, 6.45) is 19.0. The first kappa shape index (κ1) is 25.6. The molecule has 6 fully saturated rings. The number of fused-ring (bicyclic) bond motifs is 4. The van der Waals surface area contributed by atoms with Gasteiger partial charge in [-0.2, -0.15) is 0 Å². The van der Waals surface area contributed by atoms with Crippen LogP contribution in [0.5, 0.6) is 0 Å². The van der Waals surface area contributed by atoms with Crippen LogP contribution in [0, 0.1) is 55.7 Å². The van der Waals surface area contributed by atoms with E-state index in [9.17, 15) is 0 Å². The Morgan fingerprint density at radius 3 is 2.35 bits per heavy atom. The molecule has 8 unspecified atom stereocenters. The average Bonchev–Trinajstić information content (AvgIpc) is 3.19. The van der Waals surface area contributed by atoms with Gasteiger partial charge in [0, 0.05) is 13.1 Å². The van der Waals surface area contributed by atoms with Gasteiger partial charge in [0.25, 0.3) is 0 Å². The number of hydrogen-bond acceptors (Lipinski definition) is 2. The Bertz CT molecular complexity index is 993. The summed E-state index contributed by atoms with van der Waals surface area (Å²) in [5.74, 6) is 2.62. The first-order valence-corrected chi connectivity index (χ1v) is 16.4. The number of rotatable bonds is 3. The summed E-state index contributed by atoms with van der Waals surface area (Å²) in [5.41, 5.74) is 5.64. The minimum Gasteiger partial charge on any atom is -0.379 e. The van der Waals surface area contributed by atoms with Crippen molar-refractivity contribution in [1.82, 2.24) is 4.90 Å². The van der Waals surface area contributed by atoms with Gasteiger partial charge < -0.3 is 4.74 Å². The Hall–Kier alpha value is -0.340. The van der Waals surface area contributed by atoms with Crippen molar-refractivity contribution in [2.24, 2.45) is 55.7 Å². The maximum absolute atomic E-state index is 5.68. The van der Waals surface area contributed by atoms with Gasteiger partial charge in [-0.05, 0) is 133 Å². The molecule has 37 heavy (non-hydrogen) atoms. The Morgan fingerprint density at radius 1 is 0.865 bits per heavy atom. The number of hydrogen-bond donors (Lipinski definition) is 0. The molecule has 7 aliphatic rings. The summed E-state index contributed by atoms with van der Waals surface area (Å²) < 4.78 is 5.68. The predicted octanol–water partition coefficient (Wildman–Crippen LogP) is 8.51. The lowest BCUT2D eigenvalue weighted by molar-refractivity contribution is -0.0930. The summed E-state index contributed by atoms with van der Waals surface area (Å²) in [7, 11) is 0. The van der Waals surface area contributed by atoms with Crippen LogP contribution >= 0.6 is 0 Å². The minimum atomic E-state index is 0.401. The molecule has 0 aromatic carbocycles. The number of morpholine rings is 1. The summed E-state index contributed by atoms with van der Waals surface area (Å²) in [4.78, 5) is 2.72. The van der Waals surface area contributed by atoms with Crippen LogP contribution in [-0.4, -0.2) is 37.7 Å². The van der Waals surface area contributed by atoms with Crippen molar-refractivity contribution in [3.8, 4) is 0 Å². The molecule has 7 rings (SSSR count). The highest BCUT2D eigenvalue weighted by Gasteiger charge is 2.94. The molecular weight excluding hydrogens is 450 g/mol. The first-order valence-electron chi connectivity index (χ1n) is 16.4. The van der Waals surface area contributed by atoms with E-state index in [1.807, 2.05) is 5.57 Å². The van der Waals surface area contributed by atoms with Crippen LogP contribution < -0.4 is 0 Å². The molecule has 1 saturated heterocycles. The fraction of sp³-hybridized carbons (Fsp3) is 0.943. The van der Waals surface area contributed by atoms with Gasteiger partial charge in [0.1, 0.15) is 0 Å². The topological polar surface area (TPSA) is 12.5 Å². The SMILES string of the molecule is CC1CCC2(C)C3(CCC4(C)C23CC=C2C3CC(C)(C)CCC3(CCN3CCOCC3)CC[C@]24C)C1C. The second-order valence-electron chi connectivity index (χ2n) is 17.0. The largest absolute Gasteiger partial charge is 0.379 e. The molecule has 6 aliphatic carbocycles. The molecule has 1 aliphatic heterocycles. The second kappa shape index (κ2) is 7.69. The molecule has 0 radical (unpaired) electrons. The first-order chi connectivity index (χ1) is 17.4. The molecule has 1 heterocycles. The lowest BCUT2D eigenvalue weighted by atomic mass is 9.39. The van der Waals surface area contributed by atoms with Crippen LogP contribution in [0.15, 0.2) is 11.6 Å². The van der Waals surface area contributed by atoms with E-state index in [1.54, 1.807) is 0 Å². The maximum atomic E-state index is 5.68. The summed E-state index contributed by atoms with van der Waals surface area (Å²) >= 11 is 0. The van der Waals surface area contributed by atoms with Crippen molar-refractivity contribution < 1.29 is 4.74 Å². The van der Waals surface area contributed by atoms with Crippen LogP contribution in [0.25, 0.3) is 0 Å². The fourth-order valence-corrected chi connectivity index (χ4v) is 13.7. The number of ether oxygens (including phenoxy) is 1. The van der Waals surface area contributed by atoms with Crippen molar-refractivity contribution >= 4 is 0 Å². The molecule has 5 saturated carbocycles. The Labute approximate surface area is 228 Å². The Balaban J connectivity index is 1.27. The van der Waals surface area contributed by atoms with Crippen LogP contribution in [-0.2, 0) is 4.74 Å². The van der Waals surface area contributed by atoms with E-state index >= 15 is 0 Å². The van der Waals surface area contributed by atoms with E-state index in [-0.39, 0.29) is 0 Å². The Kier molecular flexibility index (Phi) is 5.32. The van der Waals surface area contributed by atoms with Gasteiger partial charge in [0.05, 0.1) is 13.2 Å². The maximum Gasteiger partial charge on any atom is 0.0594 e. The molecule has 2 nitrogen and oxygen atoms in total. The van der Waals surface area contributed by atoms with Crippen molar-refractivity contribution in [2.45, 2.75) is 119 Å². The van der Waals surface area contributed by atoms with E-state index in [0.29, 0.717) is 37.9 Å². The lowest BCUT2D eigenvalue weighted by Gasteiger charge is -2.65. The van der Waals surface area contributed by atoms with Crippen molar-refractivity contribution in [1.29, 1.82) is 0 Å². The van der Waals surface area contributed by atoms with Gasteiger partial charge in [-0.15, -0.1) is 0 Å². The third kappa shape index (κ3) is 2.78. The van der Waals surface area contributed by atoms with E-state index in [0.717, 1.165) is 44.1 Å². The highest BCUT2D eigenvalue weighted by molar-refractivity contribution is 5.47. The highest BCUT2D eigenvalue weighted by atomic mass is 16.5. The van der Waals surface area contributed by atoms with Crippen molar-refractivity contribution in [2.75, 3.05) is 32.8 Å². The molecule has 0 amide bonds. The zero-order valence-electron chi connectivity index (χ0n) is 25.5. The van der Waals surface area contributed by atoms with Gasteiger partial charge in [0.2, 0.25) is 0 Å². The molecule has 2 heteroatoms. The van der Waals surface area contributed by atoms with E-state index in [2.05, 4.69) is 59.4 Å². The van der Waals surface area contributed by atoms with Crippen molar-refractivity contribution in [3.05, 3.63) is 11.6 Å². The highest BCUT2D eigenvalue weighted by Crippen LogP contribution is 3.00. The third-order valence-electron chi connectivity index (χ3n) is 16.1. The second-order valence-corrected chi connectivity index (χ2v) is 17.0. The van der Waals surface area contributed by atoms with Gasteiger partial charge >= 0.3 is 0 Å². The molecule has 9 atom stereocenters. The lowest BCUT2D eigenvalue weighted by Crippen LogP contribution is -2.57. The van der Waals surface area contributed by atoms with Crippen LogP contribution in [0.2, 0.25) is 0 Å². The normalized spacial score (nSPS) is 56.3. The van der Waals surface area contributed by atoms with Crippen LogP contribution in [0.3, 0.4) is 0 Å². The third-order valence-corrected chi connectivity index (χ3v) is 16.1. The predicted molar refractivity (Wildman–Crippen MR) is 153 cm³/mol. The number of allylic oxidation sites excluding steroid dienone is 2. The summed E-state index contributed by atoms with van der Waals surface area (Å²) in [6, 6.07) is 0. The van der Waals surface area contributed by atoms with Gasteiger partial charge in [-0.25, -0.2) is 0 Å². The average molecular weight is 508 g/mol. The monoisotopic (exact) mass is 507 g/mol. The van der Waals surface area contributed by atoms with Gasteiger partial charge in [-0.1, -0.05) is 60.1 Å². The van der Waals surface area contributed by atoms with E-state index < -0.39 is 0 Å². The smallest absolute Gasteiger partial charge is 0.0594 e. The Morgan fingerprint density at radius 2 is 1.59 bits per heavy atom. The van der Waals surface area contributed by atoms with Crippen LogP contribution in [0.1, 0.15) is 119 Å². The fourth-order valence-electron chi connectivity index (χ4n) is 13.7. The molecular formula is C35H57NO. The van der Waals surface area contributed by atoms with E-state index in [4.69, 9.17) is 4.74 Å². The summed E-state index contributed by atoms with van der Waals surface area (Å²) in [6.45, 7) is 24.3. The molecule has 0 bridgehead atoms. The zero-order valence-corrected chi connectivity index (χ0v) is 25.5. The van der Waals surface area contributed by atoms with Crippen LogP contribution in [0.4, 0.5) is 0 Å². The van der Waals surface area contributed by atoms with Gasteiger partial charge in [-0.3, -0.25) is 4.90 Å². The summed E-state index contributed by atoms with van der Waals surface area (Å²) in [5, 5.41) is 0. The standard InChI is InChI=1S/C35H57NO/c1-25-8-10-32(7)34(26(25)2)17-14-31(6)30(5)13-16-33(18-19-36-20-22-37-23-21-36)15-12-29(3,4)24-28(33)27(30)9-11-35(31,32)34/h9,25-26,28H,8,10-24H2,1-7H3/t25?,26?,28?,30-,31?,32?,33?,34?,35?/m1/s1. The van der Waals surface area contributed by atoms with Gasteiger partial charge in [0.15, 0.2) is 0 Å². The molecule has 0 aromatic rings. The molecule has 0 N–H and O–H groups in total. The molecule has 208 valence electrons. The van der Waals surface area contributed by atoms with E-state index in [1.165, 1.54) is 77.2 Å². The minimum absolute atomic E-state index is 0.401. The number of nitrogens with zero attached hydrogens (tertiary/aromatic N) is 1. The molecule has 0 aromatic heterocycles. The van der Waals surface area contributed by atoms with Crippen molar-refractivity contribution in [3.63, 3.8) is 0 Å². The zero-order chi connectivity index (χ0) is 26.1. The molecule has 2 spiro atoms. The quantitative estimate of drug-likeness (QED) is 0.355.